The number of hydrogen-bond donors (Lipinski definition) is 0. The quantitative estimate of drug-likeness (QED) is 0.308. The van der Waals surface area contributed by atoms with Gasteiger partial charge in [0.2, 0.25) is 0 Å². The Morgan fingerprint density at radius 1 is 1.22 bits per heavy atom. The SMILES string of the molecule is C=CC.C=CC=O.O=O. The third-order valence-electron chi connectivity index (χ3n) is 0.0962. The normalized spacial score (nSPS) is 4.11. The Morgan fingerprint density at radius 3 is 1.33 bits per heavy atom. The van der Waals surface area contributed by atoms with E-state index in [1.165, 1.54) is 6.08 Å². The maximum Gasteiger partial charge on any atom is 0.142 e. The second-order valence-corrected chi connectivity index (χ2v) is 0.780. The number of carbonyl (C=O) groups is 1. The molecule has 0 aliphatic rings. The topological polar surface area (TPSA) is 51.2 Å². The minimum Gasteiger partial charge on any atom is -0.299 e. The lowest BCUT2D eigenvalue weighted by molar-refractivity contribution is -0.104. The minimum absolute atomic E-state index is 0.639. The van der Waals surface area contributed by atoms with Crippen LogP contribution < -0.4 is 0 Å². The van der Waals surface area contributed by atoms with Gasteiger partial charge in [-0.3, -0.25) is 4.79 Å². The molecule has 0 aliphatic heterocycles. The van der Waals surface area contributed by atoms with Crippen molar-refractivity contribution >= 4 is 6.29 Å². The molecule has 0 amide bonds. The van der Waals surface area contributed by atoms with E-state index in [2.05, 4.69) is 13.2 Å². The zero-order chi connectivity index (χ0) is 8.12. The van der Waals surface area contributed by atoms with Crippen LogP contribution in [0.25, 0.3) is 0 Å². The molecule has 3 nitrogen and oxygen atoms in total. The van der Waals surface area contributed by atoms with Crippen molar-refractivity contribution in [2.45, 2.75) is 6.92 Å². The average molecular weight is 130 g/mol. The van der Waals surface area contributed by atoms with Crippen LogP contribution in [-0.4, -0.2) is 6.29 Å². The molecule has 0 spiro atoms. The summed E-state index contributed by atoms with van der Waals surface area (Å²) in [6, 6.07) is 0. The van der Waals surface area contributed by atoms with Crippen molar-refractivity contribution in [1.29, 1.82) is 0 Å². The summed E-state index contributed by atoms with van der Waals surface area (Å²) in [5, 5.41) is 0. The number of aldehydes is 1. The first-order chi connectivity index (χ1) is 4.33. The molecule has 0 aromatic carbocycles. The van der Waals surface area contributed by atoms with Crippen LogP contribution in [0.15, 0.2) is 25.3 Å². The van der Waals surface area contributed by atoms with Gasteiger partial charge in [-0.1, -0.05) is 12.7 Å². The van der Waals surface area contributed by atoms with Crippen LogP contribution >= 0.6 is 0 Å². The van der Waals surface area contributed by atoms with Gasteiger partial charge in [0.25, 0.3) is 0 Å². The second-order valence-electron chi connectivity index (χ2n) is 0.780. The molecule has 0 fully saturated rings. The maximum absolute atomic E-state index is 9.06. The predicted molar refractivity (Wildman–Crippen MR) is 38.9 cm³/mol. The average Bonchev–Trinajstić information content (AvgIpc) is 1.94. The fraction of sp³-hybridized carbons (Fsp3) is 0.167. The van der Waals surface area contributed by atoms with Crippen molar-refractivity contribution in [1.82, 2.24) is 0 Å². The van der Waals surface area contributed by atoms with E-state index in [-0.39, 0.29) is 0 Å². The first-order valence-corrected chi connectivity index (χ1v) is 2.13. The summed E-state index contributed by atoms with van der Waals surface area (Å²) in [5.41, 5.74) is 0. The monoisotopic (exact) mass is 130 g/mol. The van der Waals surface area contributed by atoms with Crippen LogP contribution in [0.2, 0.25) is 0 Å². The number of hydrogen-bond acceptors (Lipinski definition) is 3. The molecule has 0 atom stereocenters. The molecule has 0 aromatic rings. The smallest absolute Gasteiger partial charge is 0.142 e. The van der Waals surface area contributed by atoms with E-state index in [0.717, 1.165) is 0 Å². The van der Waals surface area contributed by atoms with E-state index < -0.39 is 0 Å². The molecule has 9 heavy (non-hydrogen) atoms. The highest BCUT2D eigenvalue weighted by Crippen LogP contribution is 1.38. The van der Waals surface area contributed by atoms with Gasteiger partial charge in [0.1, 0.15) is 6.29 Å². The Kier molecular flexibility index (Phi) is 127. The van der Waals surface area contributed by atoms with Crippen molar-refractivity contribution in [3.63, 3.8) is 0 Å². The van der Waals surface area contributed by atoms with Gasteiger partial charge in [-0.25, -0.2) is 0 Å². The first kappa shape index (κ1) is 15.7. The molecule has 0 radical (unpaired) electrons. The summed E-state index contributed by atoms with van der Waals surface area (Å²) in [5.74, 6) is 0. The van der Waals surface area contributed by atoms with Crippen LogP contribution in [-0.2, 0) is 4.79 Å². The molecule has 0 aromatic heterocycles. The summed E-state index contributed by atoms with van der Waals surface area (Å²) >= 11 is 0. The molecule has 0 rings (SSSR count). The van der Waals surface area contributed by atoms with Crippen LogP contribution in [0.1, 0.15) is 6.92 Å². The second kappa shape index (κ2) is 72.9. The molecule has 0 bridgehead atoms. The van der Waals surface area contributed by atoms with E-state index in [1.807, 2.05) is 6.92 Å². The third-order valence-corrected chi connectivity index (χ3v) is 0.0962. The van der Waals surface area contributed by atoms with E-state index in [4.69, 9.17) is 14.7 Å². The van der Waals surface area contributed by atoms with Crippen molar-refractivity contribution in [3.8, 4) is 0 Å². The van der Waals surface area contributed by atoms with Gasteiger partial charge >= 0.3 is 0 Å². The lowest BCUT2D eigenvalue weighted by atomic mass is 10.8. The molecule has 3 heteroatoms. The fourth-order valence-corrected chi connectivity index (χ4v) is 0. The number of carbonyl (C=O) groups excluding carboxylic acids is 1. The highest BCUT2D eigenvalue weighted by Gasteiger charge is 1.38. The highest BCUT2D eigenvalue weighted by molar-refractivity contribution is 5.63. The predicted octanol–water partition coefficient (Wildman–Crippen LogP) is 1.63. The first-order valence-electron chi connectivity index (χ1n) is 2.13. The summed E-state index contributed by atoms with van der Waals surface area (Å²) in [7, 11) is 0. The summed E-state index contributed by atoms with van der Waals surface area (Å²) < 4.78 is 0. The van der Waals surface area contributed by atoms with E-state index in [9.17, 15) is 0 Å². The Bertz CT molecular complexity index is 62.7. The van der Waals surface area contributed by atoms with Gasteiger partial charge < -0.3 is 0 Å². The fourth-order valence-electron chi connectivity index (χ4n) is 0. The van der Waals surface area contributed by atoms with Crippen molar-refractivity contribution in [2.75, 3.05) is 0 Å². The van der Waals surface area contributed by atoms with E-state index >= 15 is 0 Å². The minimum atomic E-state index is 0.639. The zero-order valence-electron chi connectivity index (χ0n) is 5.37. The van der Waals surface area contributed by atoms with Crippen LogP contribution in [0.5, 0.6) is 0 Å². The lowest BCUT2D eigenvalue weighted by Gasteiger charge is -1.37. The van der Waals surface area contributed by atoms with Crippen molar-refractivity contribution < 1.29 is 4.79 Å². The molecule has 52 valence electrons. The van der Waals surface area contributed by atoms with Gasteiger partial charge in [0.05, 0.1) is 0 Å². The molecule has 0 saturated heterocycles. The van der Waals surface area contributed by atoms with Crippen molar-refractivity contribution in [3.05, 3.63) is 35.2 Å². The lowest BCUT2D eigenvalue weighted by Crippen LogP contribution is -1.44. The van der Waals surface area contributed by atoms with Crippen LogP contribution in [0, 0.1) is 9.93 Å². The largest absolute Gasteiger partial charge is 0.299 e. The van der Waals surface area contributed by atoms with E-state index in [1.54, 1.807) is 6.08 Å². The van der Waals surface area contributed by atoms with Crippen LogP contribution in [0.3, 0.4) is 0 Å². The summed E-state index contributed by atoms with van der Waals surface area (Å²) in [6.07, 6.45) is 3.58. The molecular formula is C6H10O3. The molecule has 0 saturated carbocycles. The molecule has 0 heterocycles. The molecule has 0 aliphatic carbocycles. The number of allylic oxidation sites excluding steroid dienone is 2. The standard InChI is InChI=1S/C3H4O.C3H6.O2/c1-2-3-4;1-3-2;1-2/h2-3H,1H2;3H,1H2,2H3;. The Morgan fingerprint density at radius 2 is 1.33 bits per heavy atom. The van der Waals surface area contributed by atoms with Crippen LogP contribution in [0.4, 0.5) is 0 Å². The van der Waals surface area contributed by atoms with Crippen molar-refractivity contribution in [2.24, 2.45) is 0 Å². The number of rotatable bonds is 1. The van der Waals surface area contributed by atoms with E-state index in [0.29, 0.717) is 6.29 Å². The van der Waals surface area contributed by atoms with Gasteiger partial charge in [0, 0.05) is 9.93 Å². The summed E-state index contributed by atoms with van der Waals surface area (Å²) in [4.78, 5) is 23.1. The zero-order valence-corrected chi connectivity index (χ0v) is 5.37. The van der Waals surface area contributed by atoms with Gasteiger partial charge in [-0.2, -0.15) is 0 Å². The summed E-state index contributed by atoms with van der Waals surface area (Å²) in [6.45, 7) is 8.36. The van der Waals surface area contributed by atoms with Gasteiger partial charge in [-0.05, 0) is 13.0 Å². The molecule has 0 N–H and O–H groups in total. The Labute approximate surface area is 54.3 Å². The van der Waals surface area contributed by atoms with Gasteiger partial charge in [0.15, 0.2) is 0 Å². The maximum atomic E-state index is 9.06. The molecule has 0 unspecified atom stereocenters. The van der Waals surface area contributed by atoms with Gasteiger partial charge in [-0.15, -0.1) is 6.58 Å². The Hall–Kier alpha value is -1.25. The highest BCUT2D eigenvalue weighted by atomic mass is 16.7. The Balaban J connectivity index is -0.0000000646. The third kappa shape index (κ3) is 2440. The molecular weight excluding hydrogens is 120 g/mol.